The number of benzene rings is 2. The fourth-order valence-electron chi connectivity index (χ4n) is 3.13. The molecule has 1 aliphatic heterocycles. The zero-order chi connectivity index (χ0) is 17.2. The first kappa shape index (κ1) is 15.8. The van der Waals surface area contributed by atoms with Gasteiger partial charge < -0.3 is 9.26 Å². The van der Waals surface area contributed by atoms with Crippen LogP contribution in [0.5, 0.6) is 5.75 Å². The number of rotatable bonds is 4. The lowest BCUT2D eigenvalue weighted by atomic mass is 9.98. The maximum absolute atomic E-state index is 5.48. The summed E-state index contributed by atoms with van der Waals surface area (Å²) in [6, 6.07) is 16.2. The molecule has 128 valence electrons. The van der Waals surface area contributed by atoms with Crippen LogP contribution in [0.25, 0.3) is 11.4 Å². The van der Waals surface area contributed by atoms with Crippen molar-refractivity contribution in [3.8, 4) is 17.1 Å². The van der Waals surface area contributed by atoms with E-state index in [0.717, 1.165) is 17.7 Å². The second-order valence-electron chi connectivity index (χ2n) is 6.17. The Morgan fingerprint density at radius 3 is 2.56 bits per heavy atom. The summed E-state index contributed by atoms with van der Waals surface area (Å²) in [6.45, 7) is 2.12. The summed E-state index contributed by atoms with van der Waals surface area (Å²) in [6.07, 6.45) is 0.856. The molecule has 0 spiro atoms. The number of ether oxygens (including phenoxy) is 1. The Morgan fingerprint density at radius 2 is 1.80 bits per heavy atom. The Balaban J connectivity index is 1.50. The second kappa shape index (κ2) is 6.66. The third-order valence-corrected chi connectivity index (χ3v) is 4.56. The Kier molecular flexibility index (Phi) is 4.21. The highest BCUT2D eigenvalue weighted by Crippen LogP contribution is 2.32. The van der Waals surface area contributed by atoms with Gasteiger partial charge in [-0.1, -0.05) is 29.4 Å². The topological polar surface area (TPSA) is 72.2 Å². The molecule has 0 aliphatic carbocycles. The highest BCUT2D eigenvalue weighted by atomic mass is 16.5. The SMILES string of the molecule is COc1ccc(-c2noc(C3CC(c4ccccc4C)NN3)n2)cc1. The van der Waals surface area contributed by atoms with E-state index in [2.05, 4.69) is 52.2 Å². The van der Waals surface area contributed by atoms with Gasteiger partial charge in [-0.25, -0.2) is 10.9 Å². The predicted molar refractivity (Wildman–Crippen MR) is 93.8 cm³/mol. The Labute approximate surface area is 146 Å². The van der Waals surface area contributed by atoms with E-state index in [4.69, 9.17) is 9.26 Å². The van der Waals surface area contributed by atoms with E-state index in [9.17, 15) is 0 Å². The molecule has 6 heteroatoms. The van der Waals surface area contributed by atoms with E-state index < -0.39 is 0 Å². The molecule has 1 aliphatic rings. The number of methoxy groups -OCH3 is 1. The maximum Gasteiger partial charge on any atom is 0.245 e. The van der Waals surface area contributed by atoms with E-state index in [0.29, 0.717) is 11.7 Å². The summed E-state index contributed by atoms with van der Waals surface area (Å²) in [5.74, 6) is 1.98. The van der Waals surface area contributed by atoms with E-state index in [-0.39, 0.29) is 12.1 Å². The van der Waals surface area contributed by atoms with Crippen LogP contribution in [0.1, 0.15) is 35.5 Å². The fourth-order valence-corrected chi connectivity index (χ4v) is 3.13. The molecule has 2 N–H and O–H groups in total. The Morgan fingerprint density at radius 1 is 1.04 bits per heavy atom. The van der Waals surface area contributed by atoms with Gasteiger partial charge in [0, 0.05) is 11.6 Å². The van der Waals surface area contributed by atoms with Crippen LogP contribution in [0, 0.1) is 6.92 Å². The van der Waals surface area contributed by atoms with Crippen molar-refractivity contribution in [2.24, 2.45) is 0 Å². The first-order chi connectivity index (χ1) is 12.2. The first-order valence-electron chi connectivity index (χ1n) is 8.29. The van der Waals surface area contributed by atoms with Crippen molar-refractivity contribution in [1.29, 1.82) is 0 Å². The largest absolute Gasteiger partial charge is 0.497 e. The normalized spacial score (nSPS) is 19.9. The molecule has 3 aromatic rings. The summed E-state index contributed by atoms with van der Waals surface area (Å²) in [7, 11) is 1.64. The van der Waals surface area contributed by atoms with Crippen molar-refractivity contribution in [2.75, 3.05) is 7.11 Å². The van der Waals surface area contributed by atoms with Gasteiger partial charge in [-0.2, -0.15) is 4.98 Å². The lowest BCUT2D eigenvalue weighted by Crippen LogP contribution is -2.27. The predicted octanol–water partition coefficient (Wildman–Crippen LogP) is 3.33. The molecule has 25 heavy (non-hydrogen) atoms. The summed E-state index contributed by atoms with van der Waals surface area (Å²) in [4.78, 5) is 4.55. The molecule has 1 fully saturated rings. The summed E-state index contributed by atoms with van der Waals surface area (Å²) < 4.78 is 10.7. The van der Waals surface area contributed by atoms with Crippen LogP contribution in [0.4, 0.5) is 0 Å². The third kappa shape index (κ3) is 3.14. The van der Waals surface area contributed by atoms with Gasteiger partial charge in [0.1, 0.15) is 11.8 Å². The molecule has 0 amide bonds. The molecule has 2 heterocycles. The van der Waals surface area contributed by atoms with Crippen LogP contribution in [0.3, 0.4) is 0 Å². The number of hydrogen-bond acceptors (Lipinski definition) is 6. The highest BCUT2D eigenvalue weighted by molar-refractivity contribution is 5.55. The monoisotopic (exact) mass is 336 g/mol. The van der Waals surface area contributed by atoms with E-state index in [1.54, 1.807) is 7.11 Å². The van der Waals surface area contributed by atoms with Gasteiger partial charge in [-0.3, -0.25) is 0 Å². The molecule has 2 unspecified atom stereocenters. The fraction of sp³-hybridized carbons (Fsp3) is 0.263. The lowest BCUT2D eigenvalue weighted by molar-refractivity contribution is 0.340. The standard InChI is InChI=1S/C19H20N4O2/c1-12-5-3-4-6-15(12)16-11-17(22-21-16)19-20-18(23-25-19)13-7-9-14(24-2)10-8-13/h3-10,16-17,21-22H,11H2,1-2H3. The van der Waals surface area contributed by atoms with Gasteiger partial charge in [-0.05, 0) is 48.7 Å². The summed E-state index contributed by atoms with van der Waals surface area (Å²) in [5.41, 5.74) is 10.1. The average Bonchev–Trinajstić information content (AvgIpc) is 3.32. The molecule has 2 atom stereocenters. The quantitative estimate of drug-likeness (QED) is 0.761. The van der Waals surface area contributed by atoms with E-state index in [1.165, 1.54) is 11.1 Å². The minimum absolute atomic E-state index is 0.0101. The molecule has 4 rings (SSSR count). The molecule has 2 aromatic carbocycles. The molecule has 0 bridgehead atoms. The van der Waals surface area contributed by atoms with Crippen LogP contribution >= 0.6 is 0 Å². The zero-order valence-electron chi connectivity index (χ0n) is 14.2. The number of nitrogens with one attached hydrogen (secondary N) is 2. The average molecular weight is 336 g/mol. The van der Waals surface area contributed by atoms with Gasteiger partial charge in [0.05, 0.1) is 7.11 Å². The van der Waals surface area contributed by atoms with Crippen molar-refractivity contribution >= 4 is 0 Å². The lowest BCUT2D eigenvalue weighted by Gasteiger charge is -2.12. The number of nitrogens with zero attached hydrogens (tertiary/aromatic N) is 2. The van der Waals surface area contributed by atoms with Gasteiger partial charge in [0.25, 0.3) is 0 Å². The maximum atomic E-state index is 5.48. The molecule has 0 saturated carbocycles. The zero-order valence-corrected chi connectivity index (χ0v) is 14.2. The second-order valence-corrected chi connectivity index (χ2v) is 6.17. The highest BCUT2D eigenvalue weighted by Gasteiger charge is 2.30. The van der Waals surface area contributed by atoms with Crippen molar-refractivity contribution in [3.63, 3.8) is 0 Å². The van der Waals surface area contributed by atoms with Gasteiger partial charge >= 0.3 is 0 Å². The number of aryl methyl sites for hydroxylation is 1. The van der Waals surface area contributed by atoms with Crippen LogP contribution < -0.4 is 15.6 Å². The van der Waals surface area contributed by atoms with Gasteiger partial charge in [0.15, 0.2) is 0 Å². The molecular formula is C19H20N4O2. The van der Waals surface area contributed by atoms with Gasteiger partial charge in [-0.15, -0.1) is 0 Å². The van der Waals surface area contributed by atoms with Crippen molar-refractivity contribution < 1.29 is 9.26 Å². The number of hydrazine groups is 1. The molecule has 1 aromatic heterocycles. The van der Waals surface area contributed by atoms with Crippen LogP contribution in [0.15, 0.2) is 53.1 Å². The minimum Gasteiger partial charge on any atom is -0.497 e. The van der Waals surface area contributed by atoms with E-state index >= 15 is 0 Å². The Bertz CT molecular complexity index is 860. The molecular weight excluding hydrogens is 316 g/mol. The van der Waals surface area contributed by atoms with Crippen molar-refractivity contribution in [3.05, 3.63) is 65.5 Å². The molecule has 6 nitrogen and oxygen atoms in total. The van der Waals surface area contributed by atoms with Crippen LogP contribution in [-0.4, -0.2) is 17.3 Å². The van der Waals surface area contributed by atoms with E-state index in [1.807, 2.05) is 24.3 Å². The smallest absolute Gasteiger partial charge is 0.245 e. The minimum atomic E-state index is -0.0101. The number of hydrogen-bond donors (Lipinski definition) is 2. The van der Waals surface area contributed by atoms with Crippen LogP contribution in [-0.2, 0) is 0 Å². The van der Waals surface area contributed by atoms with Crippen molar-refractivity contribution in [1.82, 2.24) is 21.0 Å². The first-order valence-corrected chi connectivity index (χ1v) is 8.29. The molecule has 0 radical (unpaired) electrons. The van der Waals surface area contributed by atoms with Crippen molar-refractivity contribution in [2.45, 2.75) is 25.4 Å². The third-order valence-electron chi connectivity index (χ3n) is 4.56. The van der Waals surface area contributed by atoms with Gasteiger partial charge in [0.2, 0.25) is 11.7 Å². The Hall–Kier alpha value is -2.70. The molecule has 1 saturated heterocycles. The number of aromatic nitrogens is 2. The summed E-state index contributed by atoms with van der Waals surface area (Å²) in [5, 5.41) is 4.11. The van der Waals surface area contributed by atoms with Crippen LogP contribution in [0.2, 0.25) is 0 Å². The summed E-state index contributed by atoms with van der Waals surface area (Å²) >= 11 is 0.